The van der Waals surface area contributed by atoms with E-state index in [1.165, 1.54) is 24.0 Å². The first-order chi connectivity index (χ1) is 9.69. The van der Waals surface area contributed by atoms with Crippen LogP contribution in [0.3, 0.4) is 0 Å². The maximum Gasteiger partial charge on any atom is 0.305 e. The van der Waals surface area contributed by atoms with Crippen molar-refractivity contribution in [2.24, 2.45) is 0 Å². The van der Waals surface area contributed by atoms with Gasteiger partial charge in [-0.2, -0.15) is 0 Å². The van der Waals surface area contributed by atoms with Gasteiger partial charge in [0, 0.05) is 30.7 Å². The first-order valence-electron chi connectivity index (χ1n) is 6.33. The Hall–Kier alpha value is -1.95. The van der Waals surface area contributed by atoms with Gasteiger partial charge in [0.25, 0.3) is 0 Å². The molecular weight excluding hydrogens is 274 g/mol. The molecule has 1 N–H and O–H groups in total. The summed E-state index contributed by atoms with van der Waals surface area (Å²) < 4.78 is 4.61. The monoisotopic (exact) mass is 291 g/mol. The molecule has 2 heterocycles. The van der Waals surface area contributed by atoms with Crippen LogP contribution in [0.15, 0.2) is 23.8 Å². The second kappa shape index (κ2) is 7.00. The van der Waals surface area contributed by atoms with Crippen molar-refractivity contribution < 1.29 is 9.53 Å². The van der Waals surface area contributed by atoms with Crippen LogP contribution in [0, 0.1) is 6.92 Å². The van der Waals surface area contributed by atoms with Gasteiger partial charge in [0.05, 0.1) is 19.2 Å². The van der Waals surface area contributed by atoms with Gasteiger partial charge in [-0.05, 0) is 24.1 Å². The molecule has 0 aliphatic rings. The first kappa shape index (κ1) is 14.5. The molecule has 106 valence electrons. The Labute approximate surface area is 122 Å². The lowest BCUT2D eigenvalue weighted by Crippen LogP contribution is -2.03. The second-order valence-electron chi connectivity index (χ2n) is 4.38. The number of hydrogen-bond acceptors (Lipinski definition) is 6. The molecule has 0 aliphatic heterocycles. The van der Waals surface area contributed by atoms with Gasteiger partial charge < -0.3 is 10.1 Å². The Morgan fingerprint density at radius 2 is 2.35 bits per heavy atom. The Morgan fingerprint density at radius 3 is 3.10 bits per heavy atom. The Morgan fingerprint density at radius 1 is 1.50 bits per heavy atom. The predicted molar refractivity (Wildman–Crippen MR) is 78.8 cm³/mol. The normalized spacial score (nSPS) is 10.3. The number of methoxy groups -OCH3 is 1. The van der Waals surface area contributed by atoms with Crippen molar-refractivity contribution in [3.8, 4) is 0 Å². The first-order valence-corrected chi connectivity index (χ1v) is 7.21. The van der Waals surface area contributed by atoms with Crippen molar-refractivity contribution >= 4 is 22.4 Å². The molecule has 2 rings (SSSR count). The van der Waals surface area contributed by atoms with E-state index in [0.29, 0.717) is 19.4 Å². The number of thiazole rings is 1. The fraction of sp³-hybridized carbons (Fsp3) is 0.357. The molecule has 0 spiro atoms. The number of aromatic nitrogens is 2. The number of aryl methyl sites for hydroxylation is 2. The molecule has 5 nitrogen and oxygen atoms in total. The van der Waals surface area contributed by atoms with Crippen LogP contribution in [0.2, 0.25) is 0 Å². The maximum absolute atomic E-state index is 11.1. The summed E-state index contributed by atoms with van der Waals surface area (Å²) in [5.41, 5.74) is 3.26. The zero-order chi connectivity index (χ0) is 14.4. The summed E-state index contributed by atoms with van der Waals surface area (Å²) >= 11 is 1.54. The van der Waals surface area contributed by atoms with Crippen molar-refractivity contribution in [2.75, 3.05) is 12.4 Å². The number of carbonyl (C=O) groups is 1. The molecule has 0 amide bonds. The molecule has 0 bridgehead atoms. The summed E-state index contributed by atoms with van der Waals surface area (Å²) in [4.78, 5) is 19.6. The van der Waals surface area contributed by atoms with E-state index in [0.717, 1.165) is 16.4 Å². The average Bonchev–Trinajstić information content (AvgIpc) is 2.92. The topological polar surface area (TPSA) is 64.1 Å². The Balaban J connectivity index is 1.87. The number of nitrogens with zero attached hydrogens (tertiary/aromatic N) is 2. The number of ether oxygens (including phenoxy) is 1. The summed E-state index contributed by atoms with van der Waals surface area (Å²) in [6.45, 7) is 2.76. The number of esters is 1. The van der Waals surface area contributed by atoms with E-state index in [-0.39, 0.29) is 5.97 Å². The van der Waals surface area contributed by atoms with E-state index in [4.69, 9.17) is 0 Å². The highest BCUT2D eigenvalue weighted by molar-refractivity contribution is 7.13. The maximum atomic E-state index is 11.1. The molecule has 20 heavy (non-hydrogen) atoms. The van der Waals surface area contributed by atoms with E-state index in [2.05, 4.69) is 26.9 Å². The summed E-state index contributed by atoms with van der Waals surface area (Å²) in [5.74, 6) is -0.210. The van der Waals surface area contributed by atoms with Gasteiger partial charge in [-0.25, -0.2) is 4.98 Å². The molecule has 0 unspecified atom stereocenters. The van der Waals surface area contributed by atoms with Gasteiger partial charge in [0.2, 0.25) is 0 Å². The number of anilines is 1. The molecule has 2 aromatic rings. The van der Waals surface area contributed by atoms with E-state index < -0.39 is 0 Å². The van der Waals surface area contributed by atoms with Crippen LogP contribution < -0.4 is 5.32 Å². The van der Waals surface area contributed by atoms with E-state index >= 15 is 0 Å². The molecular formula is C14H17N3O2S. The molecule has 0 fully saturated rings. The largest absolute Gasteiger partial charge is 0.469 e. The third-order valence-electron chi connectivity index (χ3n) is 2.94. The van der Waals surface area contributed by atoms with Crippen LogP contribution in [0.4, 0.5) is 5.13 Å². The van der Waals surface area contributed by atoms with Crippen molar-refractivity contribution in [3.63, 3.8) is 0 Å². The molecule has 0 atom stereocenters. The zero-order valence-corrected chi connectivity index (χ0v) is 12.4. The molecule has 0 radical (unpaired) electrons. The van der Waals surface area contributed by atoms with E-state index in [1.54, 1.807) is 6.20 Å². The zero-order valence-electron chi connectivity index (χ0n) is 11.5. The van der Waals surface area contributed by atoms with Gasteiger partial charge in [0.15, 0.2) is 5.13 Å². The third kappa shape index (κ3) is 4.03. The predicted octanol–water partition coefficient (Wildman–Crippen LogP) is 2.56. The van der Waals surface area contributed by atoms with Crippen LogP contribution in [0.5, 0.6) is 0 Å². The molecule has 0 aliphatic carbocycles. The van der Waals surface area contributed by atoms with E-state index in [1.807, 2.05) is 17.6 Å². The van der Waals surface area contributed by atoms with Gasteiger partial charge in [-0.15, -0.1) is 11.3 Å². The van der Waals surface area contributed by atoms with Crippen LogP contribution in [-0.4, -0.2) is 23.0 Å². The van der Waals surface area contributed by atoms with Crippen LogP contribution in [0.1, 0.15) is 23.2 Å². The lowest BCUT2D eigenvalue weighted by Gasteiger charge is -2.05. The van der Waals surface area contributed by atoms with Crippen molar-refractivity contribution in [3.05, 3.63) is 40.7 Å². The molecule has 0 aromatic carbocycles. The van der Waals surface area contributed by atoms with Crippen molar-refractivity contribution in [2.45, 2.75) is 26.3 Å². The summed E-state index contributed by atoms with van der Waals surface area (Å²) in [6.07, 6.45) is 4.61. The second-order valence-corrected chi connectivity index (χ2v) is 5.23. The fourth-order valence-electron chi connectivity index (χ4n) is 1.69. The van der Waals surface area contributed by atoms with Gasteiger partial charge in [-0.1, -0.05) is 0 Å². The SMILES string of the molecule is COC(=O)CCc1csc(NCc2cnccc2C)n1. The van der Waals surface area contributed by atoms with Crippen LogP contribution in [0.25, 0.3) is 0 Å². The lowest BCUT2D eigenvalue weighted by molar-refractivity contribution is -0.140. The number of rotatable bonds is 6. The van der Waals surface area contributed by atoms with Gasteiger partial charge in [-0.3, -0.25) is 9.78 Å². The van der Waals surface area contributed by atoms with Gasteiger partial charge >= 0.3 is 5.97 Å². The van der Waals surface area contributed by atoms with Crippen LogP contribution >= 0.6 is 11.3 Å². The highest BCUT2D eigenvalue weighted by Crippen LogP contribution is 2.18. The standard InChI is InChI=1S/C14H17N3O2S/c1-10-5-6-15-7-11(10)8-16-14-17-12(9-20-14)3-4-13(18)19-2/h5-7,9H,3-4,8H2,1-2H3,(H,16,17). The minimum Gasteiger partial charge on any atom is -0.469 e. The minimum atomic E-state index is -0.210. The molecule has 0 saturated heterocycles. The summed E-state index contributed by atoms with van der Waals surface area (Å²) in [5, 5.41) is 6.09. The minimum absolute atomic E-state index is 0.210. The number of nitrogens with one attached hydrogen (secondary N) is 1. The molecule has 6 heteroatoms. The summed E-state index contributed by atoms with van der Waals surface area (Å²) in [7, 11) is 1.40. The average molecular weight is 291 g/mol. The highest BCUT2D eigenvalue weighted by atomic mass is 32.1. The summed E-state index contributed by atoms with van der Waals surface area (Å²) in [6, 6.07) is 1.99. The fourth-order valence-corrected chi connectivity index (χ4v) is 2.43. The Kier molecular flexibility index (Phi) is 5.06. The highest BCUT2D eigenvalue weighted by Gasteiger charge is 2.06. The number of carbonyl (C=O) groups excluding carboxylic acids is 1. The Bertz CT molecular complexity index is 583. The van der Waals surface area contributed by atoms with Crippen molar-refractivity contribution in [1.82, 2.24) is 9.97 Å². The molecule has 2 aromatic heterocycles. The van der Waals surface area contributed by atoms with Crippen molar-refractivity contribution in [1.29, 1.82) is 0 Å². The molecule has 0 saturated carbocycles. The van der Waals surface area contributed by atoms with Crippen LogP contribution in [-0.2, 0) is 22.5 Å². The number of pyridine rings is 1. The third-order valence-corrected chi connectivity index (χ3v) is 3.79. The smallest absolute Gasteiger partial charge is 0.305 e. The van der Waals surface area contributed by atoms with E-state index in [9.17, 15) is 4.79 Å². The number of hydrogen-bond donors (Lipinski definition) is 1. The quantitative estimate of drug-likeness (QED) is 0.829. The lowest BCUT2D eigenvalue weighted by atomic mass is 10.2. The van der Waals surface area contributed by atoms with Gasteiger partial charge in [0.1, 0.15) is 0 Å².